The normalized spacial score (nSPS) is 11.8. The summed E-state index contributed by atoms with van der Waals surface area (Å²) in [5.41, 5.74) is 0. The lowest BCUT2D eigenvalue weighted by molar-refractivity contribution is -0.380. The van der Waals surface area contributed by atoms with E-state index in [4.69, 9.17) is 37.9 Å². The van der Waals surface area contributed by atoms with Gasteiger partial charge in [0.2, 0.25) is 0 Å². The lowest BCUT2D eigenvalue weighted by atomic mass is 10.1. The molecule has 0 saturated carbocycles. The van der Waals surface area contributed by atoms with Gasteiger partial charge in [-0.1, -0.05) is 25.7 Å². The smallest absolute Gasteiger partial charge is 0.432 e. The summed E-state index contributed by atoms with van der Waals surface area (Å²) in [6.07, 6.45) is 5.34. The SMILES string of the molecule is CCOC(CCCCCCOC(=O)OOC(=O)OCCCCCCC(OCC)(OCC)OCC)(OCC)OCC. The van der Waals surface area contributed by atoms with E-state index >= 15 is 0 Å². The summed E-state index contributed by atoms with van der Waals surface area (Å²) in [5.74, 6) is -2.01. The molecule has 0 fully saturated rings. The summed E-state index contributed by atoms with van der Waals surface area (Å²) in [6.45, 7) is 14.6. The summed E-state index contributed by atoms with van der Waals surface area (Å²) < 4.78 is 44.0. The molecule has 0 aromatic carbocycles. The first-order chi connectivity index (χ1) is 19.4. The molecular weight excluding hydrogens is 528 g/mol. The van der Waals surface area contributed by atoms with E-state index in [1.807, 2.05) is 41.5 Å². The summed E-state index contributed by atoms with van der Waals surface area (Å²) in [5, 5.41) is 0. The van der Waals surface area contributed by atoms with Crippen LogP contribution in [0.5, 0.6) is 0 Å². The number of hydrogen-bond donors (Lipinski definition) is 0. The van der Waals surface area contributed by atoms with Gasteiger partial charge in [-0.3, -0.25) is 0 Å². The number of rotatable bonds is 26. The molecule has 0 N–H and O–H groups in total. The lowest BCUT2D eigenvalue weighted by Gasteiger charge is -2.32. The van der Waals surface area contributed by atoms with Gasteiger partial charge in [-0.25, -0.2) is 0 Å². The van der Waals surface area contributed by atoms with Crippen LogP contribution in [0.3, 0.4) is 0 Å². The molecule has 0 aliphatic carbocycles. The first-order valence-corrected chi connectivity index (χ1v) is 14.9. The number of unbranched alkanes of at least 4 members (excludes halogenated alkanes) is 6. The number of hydrogen-bond acceptors (Lipinski definition) is 12. The van der Waals surface area contributed by atoms with E-state index in [-0.39, 0.29) is 13.2 Å². The topological polar surface area (TPSA) is 126 Å². The highest BCUT2D eigenvalue weighted by atomic mass is 17.3. The van der Waals surface area contributed by atoms with E-state index in [1.165, 1.54) is 0 Å². The maximum Gasteiger partial charge on any atom is 0.549 e. The Labute approximate surface area is 240 Å². The predicted molar refractivity (Wildman–Crippen MR) is 146 cm³/mol. The Balaban J connectivity index is 3.89. The monoisotopic (exact) mass is 582 g/mol. The standard InChI is InChI=1S/C28H54O12/c1-7-33-27(34-8-2,35-9-3)21-17-13-15-19-23-31-25(29)39-40-26(30)32-24-20-16-14-18-22-28(36-10-4,37-11-5)38-12-6/h7-24H2,1-6H3. The van der Waals surface area contributed by atoms with E-state index < -0.39 is 24.3 Å². The minimum absolute atomic E-state index is 0.141. The third-order valence-electron chi connectivity index (χ3n) is 5.56. The van der Waals surface area contributed by atoms with Gasteiger partial charge < -0.3 is 37.9 Å². The maximum absolute atomic E-state index is 11.6. The summed E-state index contributed by atoms with van der Waals surface area (Å²) in [6, 6.07) is 0. The molecule has 0 amide bonds. The van der Waals surface area contributed by atoms with Crippen LogP contribution in [-0.4, -0.2) is 77.1 Å². The van der Waals surface area contributed by atoms with E-state index in [9.17, 15) is 9.59 Å². The van der Waals surface area contributed by atoms with Crippen LogP contribution in [0.25, 0.3) is 0 Å². The molecule has 0 bridgehead atoms. The van der Waals surface area contributed by atoms with Crippen LogP contribution in [-0.2, 0) is 47.7 Å². The molecule has 40 heavy (non-hydrogen) atoms. The van der Waals surface area contributed by atoms with Crippen molar-refractivity contribution in [2.24, 2.45) is 0 Å². The largest absolute Gasteiger partial charge is 0.549 e. The van der Waals surface area contributed by atoms with Crippen molar-refractivity contribution in [1.29, 1.82) is 0 Å². The molecule has 0 unspecified atom stereocenters. The molecule has 0 aliphatic heterocycles. The Bertz CT molecular complexity index is 530. The first-order valence-electron chi connectivity index (χ1n) is 14.9. The number of carbonyl (C=O) groups is 2. The van der Waals surface area contributed by atoms with E-state index in [0.29, 0.717) is 65.3 Å². The van der Waals surface area contributed by atoms with Crippen LogP contribution in [0.4, 0.5) is 9.59 Å². The third-order valence-corrected chi connectivity index (χ3v) is 5.56. The van der Waals surface area contributed by atoms with Gasteiger partial charge in [0.15, 0.2) is 0 Å². The molecule has 0 rings (SSSR count). The Morgan fingerprint density at radius 2 is 0.700 bits per heavy atom. The molecular formula is C28H54O12. The van der Waals surface area contributed by atoms with Crippen molar-refractivity contribution < 1.29 is 57.3 Å². The highest BCUT2D eigenvalue weighted by Crippen LogP contribution is 2.25. The molecule has 12 nitrogen and oxygen atoms in total. The second-order valence-electron chi connectivity index (χ2n) is 8.66. The number of carbonyl (C=O) groups excluding carboxylic acids is 2. The van der Waals surface area contributed by atoms with Crippen LogP contribution in [0.2, 0.25) is 0 Å². The van der Waals surface area contributed by atoms with Crippen LogP contribution < -0.4 is 0 Å². The third kappa shape index (κ3) is 18.6. The van der Waals surface area contributed by atoms with Gasteiger partial charge in [-0.2, -0.15) is 19.4 Å². The van der Waals surface area contributed by atoms with Gasteiger partial charge in [-0.15, -0.1) is 0 Å². The molecule has 0 aromatic heterocycles. The maximum atomic E-state index is 11.6. The second kappa shape index (κ2) is 25.0. The predicted octanol–water partition coefficient (Wildman–Crippen LogP) is 6.64. The highest BCUT2D eigenvalue weighted by Gasteiger charge is 2.32. The van der Waals surface area contributed by atoms with Crippen LogP contribution in [0.1, 0.15) is 106 Å². The van der Waals surface area contributed by atoms with Gasteiger partial charge in [-0.05, 0) is 67.2 Å². The van der Waals surface area contributed by atoms with Gasteiger partial charge in [0.05, 0.1) is 13.2 Å². The average Bonchev–Trinajstić information content (AvgIpc) is 2.92. The van der Waals surface area contributed by atoms with Gasteiger partial charge in [0.1, 0.15) is 0 Å². The van der Waals surface area contributed by atoms with Crippen LogP contribution in [0, 0.1) is 0 Å². The highest BCUT2D eigenvalue weighted by molar-refractivity contribution is 5.63. The molecule has 238 valence electrons. The summed E-state index contributed by atoms with van der Waals surface area (Å²) >= 11 is 0. The van der Waals surface area contributed by atoms with Gasteiger partial charge in [0, 0.05) is 52.5 Å². The zero-order chi connectivity index (χ0) is 30.0. The molecule has 0 heterocycles. The van der Waals surface area contributed by atoms with Gasteiger partial charge >= 0.3 is 12.3 Å². The molecule has 0 saturated heterocycles. The molecule has 0 aromatic rings. The second-order valence-corrected chi connectivity index (χ2v) is 8.66. The Morgan fingerprint density at radius 1 is 0.425 bits per heavy atom. The Morgan fingerprint density at radius 3 is 0.975 bits per heavy atom. The van der Waals surface area contributed by atoms with Crippen molar-refractivity contribution in [3.63, 3.8) is 0 Å². The Hall–Kier alpha value is -1.70. The van der Waals surface area contributed by atoms with E-state index in [0.717, 1.165) is 38.5 Å². The van der Waals surface area contributed by atoms with E-state index in [2.05, 4.69) is 9.78 Å². The fourth-order valence-corrected chi connectivity index (χ4v) is 4.02. The van der Waals surface area contributed by atoms with Crippen molar-refractivity contribution in [2.45, 2.75) is 118 Å². The molecule has 0 aliphatic rings. The number of ether oxygens (including phenoxy) is 8. The first kappa shape index (κ1) is 38.3. The van der Waals surface area contributed by atoms with Crippen molar-refractivity contribution in [3.05, 3.63) is 0 Å². The fraction of sp³-hybridized carbons (Fsp3) is 0.929. The molecule has 0 atom stereocenters. The Kier molecular flexibility index (Phi) is 24.0. The zero-order valence-electron chi connectivity index (χ0n) is 25.6. The minimum Gasteiger partial charge on any atom is -0.432 e. The summed E-state index contributed by atoms with van der Waals surface area (Å²) in [4.78, 5) is 31.9. The average molecular weight is 583 g/mol. The fourth-order valence-electron chi connectivity index (χ4n) is 4.02. The van der Waals surface area contributed by atoms with Crippen LogP contribution in [0.15, 0.2) is 0 Å². The zero-order valence-corrected chi connectivity index (χ0v) is 25.6. The molecule has 0 radical (unpaired) electrons. The van der Waals surface area contributed by atoms with Crippen molar-refractivity contribution in [3.8, 4) is 0 Å². The van der Waals surface area contributed by atoms with Gasteiger partial charge in [0.25, 0.3) is 11.9 Å². The van der Waals surface area contributed by atoms with Crippen molar-refractivity contribution >= 4 is 12.3 Å². The lowest BCUT2D eigenvalue weighted by Crippen LogP contribution is -2.39. The minimum atomic E-state index is -1.10. The van der Waals surface area contributed by atoms with Crippen molar-refractivity contribution in [1.82, 2.24) is 0 Å². The molecule has 0 spiro atoms. The van der Waals surface area contributed by atoms with E-state index in [1.54, 1.807) is 0 Å². The quantitative estimate of drug-likeness (QED) is 0.0357. The van der Waals surface area contributed by atoms with Crippen LogP contribution >= 0.6 is 0 Å². The molecule has 12 heteroatoms. The van der Waals surface area contributed by atoms with Crippen molar-refractivity contribution in [2.75, 3.05) is 52.9 Å². The summed E-state index contributed by atoms with van der Waals surface area (Å²) in [7, 11) is 0.